The molecule has 0 saturated heterocycles. The SMILES string of the molecule is CNc1ncc(Br)c(Oc2cccc(CO)c2)n1. The second-order valence-electron chi connectivity index (χ2n) is 3.50. The molecule has 2 N–H and O–H groups in total. The molecular formula is C12H12BrN3O2. The molecule has 0 aliphatic carbocycles. The Labute approximate surface area is 113 Å². The Bertz CT molecular complexity index is 549. The summed E-state index contributed by atoms with van der Waals surface area (Å²) < 4.78 is 6.31. The molecule has 0 amide bonds. The van der Waals surface area contributed by atoms with Gasteiger partial charge in [0.1, 0.15) is 5.75 Å². The Hall–Kier alpha value is -1.66. The first kappa shape index (κ1) is 12.8. The average Bonchev–Trinajstić information content (AvgIpc) is 2.41. The van der Waals surface area contributed by atoms with Gasteiger partial charge in [0.15, 0.2) is 0 Å². The predicted octanol–water partition coefficient (Wildman–Crippen LogP) is 2.57. The minimum absolute atomic E-state index is 0.0239. The van der Waals surface area contributed by atoms with Crippen molar-refractivity contribution in [3.05, 3.63) is 40.5 Å². The minimum atomic E-state index is -0.0239. The van der Waals surface area contributed by atoms with Crippen molar-refractivity contribution in [2.75, 3.05) is 12.4 Å². The fraction of sp³-hybridized carbons (Fsp3) is 0.167. The summed E-state index contributed by atoms with van der Waals surface area (Å²) in [4.78, 5) is 8.23. The Morgan fingerprint density at radius 3 is 3.00 bits per heavy atom. The second-order valence-corrected chi connectivity index (χ2v) is 4.36. The third kappa shape index (κ3) is 2.96. The van der Waals surface area contributed by atoms with Gasteiger partial charge in [-0.1, -0.05) is 12.1 Å². The molecule has 2 rings (SSSR count). The van der Waals surface area contributed by atoms with Crippen LogP contribution in [0.15, 0.2) is 34.9 Å². The van der Waals surface area contributed by atoms with Crippen molar-refractivity contribution in [3.63, 3.8) is 0 Å². The summed E-state index contributed by atoms with van der Waals surface area (Å²) in [5.41, 5.74) is 0.784. The van der Waals surface area contributed by atoms with Crippen molar-refractivity contribution in [1.82, 2.24) is 9.97 Å². The molecule has 18 heavy (non-hydrogen) atoms. The number of anilines is 1. The lowest BCUT2D eigenvalue weighted by Crippen LogP contribution is -1.98. The molecule has 0 bridgehead atoms. The predicted molar refractivity (Wildman–Crippen MR) is 71.7 cm³/mol. The van der Waals surface area contributed by atoms with Crippen LogP contribution in [-0.2, 0) is 6.61 Å². The first-order valence-electron chi connectivity index (χ1n) is 5.31. The smallest absolute Gasteiger partial charge is 0.238 e. The van der Waals surface area contributed by atoms with Crippen molar-refractivity contribution in [2.45, 2.75) is 6.61 Å². The quantitative estimate of drug-likeness (QED) is 0.908. The number of hydrogen-bond donors (Lipinski definition) is 2. The van der Waals surface area contributed by atoms with Crippen LogP contribution in [0.4, 0.5) is 5.95 Å². The van der Waals surface area contributed by atoms with E-state index >= 15 is 0 Å². The monoisotopic (exact) mass is 309 g/mol. The summed E-state index contributed by atoms with van der Waals surface area (Å²) in [6.45, 7) is -0.0239. The van der Waals surface area contributed by atoms with Crippen LogP contribution in [0.25, 0.3) is 0 Å². The molecule has 2 aromatic rings. The van der Waals surface area contributed by atoms with Gasteiger partial charge in [-0.05, 0) is 33.6 Å². The number of nitrogens with zero attached hydrogens (tertiary/aromatic N) is 2. The van der Waals surface area contributed by atoms with Gasteiger partial charge in [0.25, 0.3) is 0 Å². The number of halogens is 1. The lowest BCUT2D eigenvalue weighted by molar-refractivity contribution is 0.281. The number of nitrogens with one attached hydrogen (secondary N) is 1. The molecule has 0 atom stereocenters. The number of aliphatic hydroxyl groups excluding tert-OH is 1. The minimum Gasteiger partial charge on any atom is -0.438 e. The van der Waals surface area contributed by atoms with Gasteiger partial charge >= 0.3 is 0 Å². The molecule has 1 aromatic heterocycles. The van der Waals surface area contributed by atoms with Crippen LogP contribution in [-0.4, -0.2) is 22.1 Å². The molecule has 1 aromatic carbocycles. The van der Waals surface area contributed by atoms with Crippen LogP contribution in [0.5, 0.6) is 11.6 Å². The highest BCUT2D eigenvalue weighted by atomic mass is 79.9. The van der Waals surface area contributed by atoms with Gasteiger partial charge in [0.2, 0.25) is 11.8 Å². The van der Waals surface area contributed by atoms with Crippen LogP contribution in [0.2, 0.25) is 0 Å². The summed E-state index contributed by atoms with van der Waals surface area (Å²) in [5, 5.41) is 11.9. The first-order valence-corrected chi connectivity index (χ1v) is 6.10. The van der Waals surface area contributed by atoms with E-state index in [1.807, 2.05) is 12.1 Å². The van der Waals surface area contributed by atoms with E-state index in [2.05, 4.69) is 31.2 Å². The molecule has 6 heteroatoms. The van der Waals surface area contributed by atoms with E-state index in [4.69, 9.17) is 9.84 Å². The maximum Gasteiger partial charge on any atom is 0.238 e. The normalized spacial score (nSPS) is 10.2. The Morgan fingerprint density at radius 2 is 2.28 bits per heavy atom. The van der Waals surface area contributed by atoms with Crippen LogP contribution >= 0.6 is 15.9 Å². The van der Waals surface area contributed by atoms with Crippen molar-refractivity contribution < 1.29 is 9.84 Å². The van der Waals surface area contributed by atoms with Gasteiger partial charge in [-0.2, -0.15) is 4.98 Å². The Balaban J connectivity index is 2.27. The lowest BCUT2D eigenvalue weighted by Gasteiger charge is -2.08. The summed E-state index contributed by atoms with van der Waals surface area (Å²) in [5.74, 6) is 1.51. The summed E-state index contributed by atoms with van der Waals surface area (Å²) >= 11 is 3.33. The van der Waals surface area contributed by atoms with Gasteiger partial charge in [0, 0.05) is 7.05 Å². The third-order valence-electron chi connectivity index (χ3n) is 2.23. The number of hydrogen-bond acceptors (Lipinski definition) is 5. The van der Waals surface area contributed by atoms with Gasteiger partial charge in [0.05, 0.1) is 17.3 Å². The second kappa shape index (κ2) is 5.79. The van der Waals surface area contributed by atoms with Gasteiger partial charge in [-0.15, -0.1) is 0 Å². The largest absolute Gasteiger partial charge is 0.438 e. The number of aliphatic hydroxyl groups is 1. The number of aromatic nitrogens is 2. The van der Waals surface area contributed by atoms with Gasteiger partial charge < -0.3 is 15.2 Å². The van der Waals surface area contributed by atoms with E-state index in [0.717, 1.165) is 5.56 Å². The average molecular weight is 310 g/mol. The zero-order valence-electron chi connectivity index (χ0n) is 9.72. The molecule has 5 nitrogen and oxygen atoms in total. The van der Waals surface area contributed by atoms with Crippen molar-refractivity contribution in [1.29, 1.82) is 0 Å². The van der Waals surface area contributed by atoms with Crippen molar-refractivity contribution in [3.8, 4) is 11.6 Å². The maximum atomic E-state index is 9.06. The van der Waals surface area contributed by atoms with E-state index in [9.17, 15) is 0 Å². The van der Waals surface area contributed by atoms with Crippen LogP contribution in [0.1, 0.15) is 5.56 Å². The zero-order valence-corrected chi connectivity index (χ0v) is 11.3. The van der Waals surface area contributed by atoms with Crippen LogP contribution in [0.3, 0.4) is 0 Å². The standard InChI is InChI=1S/C12H12BrN3O2/c1-14-12-15-6-10(13)11(16-12)18-9-4-2-3-8(5-9)7-17/h2-6,17H,7H2,1H3,(H,14,15,16). The molecule has 94 valence electrons. The zero-order chi connectivity index (χ0) is 13.0. The highest BCUT2D eigenvalue weighted by Gasteiger charge is 2.07. The fourth-order valence-corrected chi connectivity index (χ4v) is 1.63. The molecule has 0 fully saturated rings. The summed E-state index contributed by atoms with van der Waals surface area (Å²) in [6.07, 6.45) is 1.62. The van der Waals surface area contributed by atoms with Crippen molar-refractivity contribution in [2.24, 2.45) is 0 Å². The van der Waals surface area contributed by atoms with Crippen molar-refractivity contribution >= 4 is 21.9 Å². The third-order valence-corrected chi connectivity index (χ3v) is 2.78. The summed E-state index contributed by atoms with van der Waals surface area (Å²) in [6, 6.07) is 7.19. The molecule has 0 aliphatic rings. The summed E-state index contributed by atoms with van der Waals surface area (Å²) in [7, 11) is 1.74. The van der Waals surface area contributed by atoms with E-state index in [1.165, 1.54) is 0 Å². The highest BCUT2D eigenvalue weighted by Crippen LogP contribution is 2.28. The van der Waals surface area contributed by atoms with E-state index < -0.39 is 0 Å². The molecule has 0 spiro atoms. The molecule has 1 heterocycles. The van der Waals surface area contributed by atoms with Crippen LogP contribution < -0.4 is 10.1 Å². The van der Waals surface area contributed by atoms with E-state index in [1.54, 1.807) is 25.4 Å². The number of ether oxygens (including phenoxy) is 1. The van der Waals surface area contributed by atoms with Crippen LogP contribution in [0, 0.1) is 0 Å². The molecule has 0 unspecified atom stereocenters. The molecular weight excluding hydrogens is 298 g/mol. The van der Waals surface area contributed by atoms with E-state index in [0.29, 0.717) is 22.1 Å². The lowest BCUT2D eigenvalue weighted by atomic mass is 10.2. The molecule has 0 saturated carbocycles. The van der Waals surface area contributed by atoms with E-state index in [-0.39, 0.29) is 6.61 Å². The first-order chi connectivity index (χ1) is 8.72. The van der Waals surface area contributed by atoms with Gasteiger partial charge in [-0.3, -0.25) is 0 Å². The fourth-order valence-electron chi connectivity index (χ4n) is 1.36. The van der Waals surface area contributed by atoms with Gasteiger partial charge in [-0.25, -0.2) is 4.98 Å². The number of rotatable bonds is 4. The Morgan fingerprint density at radius 1 is 1.44 bits per heavy atom. The molecule has 0 aliphatic heterocycles. The Kier molecular flexibility index (Phi) is 4.11. The topological polar surface area (TPSA) is 67.3 Å². The maximum absolute atomic E-state index is 9.06. The number of benzene rings is 1. The highest BCUT2D eigenvalue weighted by molar-refractivity contribution is 9.10. The molecule has 0 radical (unpaired) electrons.